The molecule has 0 bridgehead atoms. The molecule has 0 aliphatic heterocycles. The van der Waals surface area contributed by atoms with Gasteiger partial charge in [0.2, 0.25) is 0 Å². The highest BCUT2D eigenvalue weighted by atomic mass is 19.1. The minimum atomic E-state index is -0.974. The average Bonchev–Trinajstić information content (AvgIpc) is 3.58. The Bertz CT molecular complexity index is 1360. The highest BCUT2D eigenvalue weighted by Gasteiger charge is 2.28. The van der Waals surface area contributed by atoms with Gasteiger partial charge in [-0.2, -0.15) is 0 Å². The smallest absolute Gasteiger partial charge is 0.335 e. The largest absolute Gasteiger partial charge is 0.478 e. The number of Topliss-reactive ketones (excluding diaryl/α,β-unsaturated/α-hetero) is 1. The van der Waals surface area contributed by atoms with E-state index in [1.807, 2.05) is 24.3 Å². The molecule has 4 nitrogen and oxygen atoms in total. The van der Waals surface area contributed by atoms with Crippen LogP contribution in [0, 0.1) is 5.82 Å². The summed E-state index contributed by atoms with van der Waals surface area (Å²) in [6.07, 6.45) is 2.47. The minimum absolute atomic E-state index is 0.0677. The molecule has 5 rings (SSSR count). The maximum Gasteiger partial charge on any atom is 0.335 e. The number of fused-ring (bicyclic) bond motifs is 1. The maximum absolute atomic E-state index is 13.4. The third-order valence-electron chi connectivity index (χ3n) is 6.02. The van der Waals surface area contributed by atoms with Gasteiger partial charge in [0.25, 0.3) is 0 Å². The van der Waals surface area contributed by atoms with E-state index >= 15 is 0 Å². The van der Waals surface area contributed by atoms with Crippen LogP contribution in [0.5, 0.6) is 0 Å². The highest BCUT2D eigenvalue weighted by Crippen LogP contribution is 2.45. The molecule has 1 saturated carbocycles. The molecule has 1 aliphatic carbocycles. The first-order chi connectivity index (χ1) is 15.5. The van der Waals surface area contributed by atoms with Crippen molar-refractivity contribution < 1.29 is 23.5 Å². The van der Waals surface area contributed by atoms with Crippen molar-refractivity contribution in [2.45, 2.75) is 32.1 Å². The number of hydrogen-bond donors (Lipinski definition) is 1. The number of rotatable bonds is 6. The number of hydrogen-bond acceptors (Lipinski definition) is 3. The van der Waals surface area contributed by atoms with E-state index < -0.39 is 5.97 Å². The van der Waals surface area contributed by atoms with Gasteiger partial charge in [0.15, 0.2) is 5.78 Å². The first-order valence-electron chi connectivity index (χ1n) is 10.7. The second kappa shape index (κ2) is 7.75. The standard InChI is InChI=1S/C27H21FO4/c1-2-23(29)25-22-13-17(21-14-18(27(30)31)7-11-20(21)15-3-4-15)8-12-24(22)32-26(25)16-5-9-19(28)10-6-16/h5-15H,2-4H2,1H3,(H,30,31). The molecule has 1 aromatic heterocycles. The van der Waals surface area contributed by atoms with Crippen molar-refractivity contribution in [1.29, 1.82) is 0 Å². The Kier molecular flexibility index (Phi) is 4.89. The van der Waals surface area contributed by atoms with Crippen molar-refractivity contribution in [2.75, 3.05) is 0 Å². The van der Waals surface area contributed by atoms with Gasteiger partial charge < -0.3 is 9.52 Å². The van der Waals surface area contributed by atoms with Crippen LogP contribution in [0.4, 0.5) is 4.39 Å². The lowest BCUT2D eigenvalue weighted by molar-refractivity contribution is 0.0696. The Morgan fingerprint density at radius 2 is 1.72 bits per heavy atom. The highest BCUT2D eigenvalue weighted by molar-refractivity contribution is 6.12. The fourth-order valence-electron chi connectivity index (χ4n) is 4.21. The number of halogens is 1. The summed E-state index contributed by atoms with van der Waals surface area (Å²) in [5.74, 6) is -0.549. The van der Waals surface area contributed by atoms with Crippen molar-refractivity contribution >= 4 is 22.7 Å². The predicted molar refractivity (Wildman–Crippen MR) is 121 cm³/mol. The number of carboxylic acid groups (broad SMARTS) is 1. The second-order valence-corrected chi connectivity index (χ2v) is 8.18. The molecule has 0 saturated heterocycles. The van der Waals surface area contributed by atoms with Gasteiger partial charge in [-0.1, -0.05) is 19.1 Å². The van der Waals surface area contributed by atoms with Crippen LogP contribution in [-0.2, 0) is 0 Å². The molecule has 3 aromatic carbocycles. The van der Waals surface area contributed by atoms with E-state index in [-0.39, 0.29) is 17.2 Å². The molecule has 1 heterocycles. The van der Waals surface area contributed by atoms with Crippen LogP contribution in [-0.4, -0.2) is 16.9 Å². The Labute approximate surface area is 184 Å². The number of furan rings is 1. The summed E-state index contributed by atoms with van der Waals surface area (Å²) in [5, 5.41) is 10.2. The molecule has 1 N–H and O–H groups in total. The Balaban J connectivity index is 1.72. The monoisotopic (exact) mass is 428 g/mol. The van der Waals surface area contributed by atoms with Crippen LogP contribution in [0.2, 0.25) is 0 Å². The molecule has 4 aromatic rings. The summed E-state index contributed by atoms with van der Waals surface area (Å²) in [7, 11) is 0. The first kappa shape index (κ1) is 20.2. The molecule has 0 amide bonds. The van der Waals surface area contributed by atoms with Crippen molar-refractivity contribution in [3.63, 3.8) is 0 Å². The minimum Gasteiger partial charge on any atom is -0.478 e. The van der Waals surface area contributed by atoms with Crippen LogP contribution in [0.1, 0.15) is 58.4 Å². The molecular formula is C27H21FO4. The van der Waals surface area contributed by atoms with Gasteiger partial charge in [0.05, 0.1) is 11.1 Å². The van der Waals surface area contributed by atoms with Gasteiger partial charge in [0.1, 0.15) is 17.2 Å². The van der Waals surface area contributed by atoms with Crippen molar-refractivity contribution in [1.82, 2.24) is 0 Å². The first-order valence-corrected chi connectivity index (χ1v) is 10.7. The number of aromatic carboxylic acids is 1. The van der Waals surface area contributed by atoms with Gasteiger partial charge >= 0.3 is 5.97 Å². The number of ketones is 1. The van der Waals surface area contributed by atoms with E-state index in [0.717, 1.165) is 29.5 Å². The summed E-state index contributed by atoms with van der Waals surface area (Å²) in [4.78, 5) is 24.5. The molecule has 5 heteroatoms. The fraction of sp³-hybridized carbons (Fsp3) is 0.185. The van der Waals surface area contributed by atoms with E-state index in [1.165, 1.54) is 12.1 Å². The summed E-state index contributed by atoms with van der Waals surface area (Å²) in [6, 6.07) is 16.7. The van der Waals surface area contributed by atoms with Crippen molar-refractivity contribution in [2.24, 2.45) is 0 Å². The van der Waals surface area contributed by atoms with Crippen molar-refractivity contribution in [3.05, 3.63) is 83.2 Å². The van der Waals surface area contributed by atoms with E-state index in [2.05, 4.69) is 0 Å². The quantitative estimate of drug-likeness (QED) is 0.333. The lowest BCUT2D eigenvalue weighted by Gasteiger charge is -2.11. The van der Waals surface area contributed by atoms with Crippen LogP contribution < -0.4 is 0 Å². The number of carbonyl (C=O) groups excluding carboxylic acids is 1. The Morgan fingerprint density at radius 1 is 1.00 bits per heavy atom. The Hall–Kier alpha value is -3.73. The zero-order chi connectivity index (χ0) is 22.4. The number of benzene rings is 3. The Morgan fingerprint density at radius 3 is 2.38 bits per heavy atom. The summed E-state index contributed by atoms with van der Waals surface area (Å²) >= 11 is 0. The fourth-order valence-corrected chi connectivity index (χ4v) is 4.21. The van der Waals surface area contributed by atoms with Crippen molar-refractivity contribution in [3.8, 4) is 22.5 Å². The summed E-state index contributed by atoms with van der Waals surface area (Å²) in [5.41, 5.74) is 4.74. The van der Waals surface area contributed by atoms with Crippen LogP contribution in [0.15, 0.2) is 65.1 Å². The molecule has 160 valence electrons. The molecule has 0 unspecified atom stereocenters. The molecule has 0 spiro atoms. The lowest BCUT2D eigenvalue weighted by Crippen LogP contribution is -1.99. The topological polar surface area (TPSA) is 67.5 Å². The van der Waals surface area contributed by atoms with Gasteiger partial charge in [-0.05, 0) is 84.0 Å². The van der Waals surface area contributed by atoms with Gasteiger partial charge in [-0.15, -0.1) is 0 Å². The van der Waals surface area contributed by atoms with Crippen LogP contribution in [0.25, 0.3) is 33.4 Å². The second-order valence-electron chi connectivity index (χ2n) is 8.18. The summed E-state index contributed by atoms with van der Waals surface area (Å²) < 4.78 is 19.5. The zero-order valence-electron chi connectivity index (χ0n) is 17.5. The molecule has 32 heavy (non-hydrogen) atoms. The van der Waals surface area contributed by atoms with E-state index in [4.69, 9.17) is 4.42 Å². The van der Waals surface area contributed by atoms with Crippen LogP contribution >= 0.6 is 0 Å². The van der Waals surface area contributed by atoms with E-state index in [0.29, 0.717) is 40.2 Å². The van der Waals surface area contributed by atoms with Gasteiger partial charge in [-0.25, -0.2) is 9.18 Å². The molecule has 1 fully saturated rings. The van der Waals surface area contributed by atoms with Gasteiger partial charge in [-0.3, -0.25) is 4.79 Å². The normalized spacial score (nSPS) is 13.4. The molecular weight excluding hydrogens is 407 g/mol. The molecule has 0 radical (unpaired) electrons. The third-order valence-corrected chi connectivity index (χ3v) is 6.02. The number of carbonyl (C=O) groups is 2. The van der Waals surface area contributed by atoms with E-state index in [9.17, 15) is 19.1 Å². The van der Waals surface area contributed by atoms with E-state index in [1.54, 1.807) is 31.2 Å². The number of carboxylic acids is 1. The molecule has 1 aliphatic rings. The van der Waals surface area contributed by atoms with Gasteiger partial charge in [0, 0.05) is 17.4 Å². The maximum atomic E-state index is 13.4. The summed E-state index contributed by atoms with van der Waals surface area (Å²) in [6.45, 7) is 1.79. The predicted octanol–water partition coefficient (Wildman–Crippen LogP) is 7.07. The lowest BCUT2D eigenvalue weighted by atomic mass is 9.92. The zero-order valence-corrected chi connectivity index (χ0v) is 17.5. The SMILES string of the molecule is CCC(=O)c1c(-c2ccc(F)cc2)oc2ccc(-c3cc(C(=O)O)ccc3C3CC3)cc12. The average molecular weight is 428 g/mol. The van der Waals surface area contributed by atoms with Crippen LogP contribution in [0.3, 0.4) is 0 Å². The molecule has 0 atom stereocenters. The third kappa shape index (κ3) is 3.50.